The molecule has 10 rings (SSSR count). The molecule has 5 aliphatic heterocycles. The third kappa shape index (κ3) is 11.9. The fraction of sp³-hybridized carbons (Fsp3) is 0.579. The molecule has 396 valence electrons. The molecule has 0 spiro atoms. The second-order valence-corrected chi connectivity index (χ2v) is 22.3. The smallest absolute Gasteiger partial charge is 0.256 e. The van der Waals surface area contributed by atoms with Crippen LogP contribution in [-0.4, -0.2) is 167 Å². The van der Waals surface area contributed by atoms with E-state index in [1.54, 1.807) is 21.9 Å². The number of aliphatic hydroxyl groups excluding tert-OH is 1. The summed E-state index contributed by atoms with van der Waals surface area (Å²) in [5, 5.41) is 17.9. The lowest BCUT2D eigenvalue weighted by Crippen LogP contribution is -2.67. The maximum atomic E-state index is 15.2. The molecule has 4 saturated heterocycles. The third-order valence-electron chi connectivity index (χ3n) is 17.0. The van der Waals surface area contributed by atoms with Gasteiger partial charge >= 0.3 is 0 Å². The second kappa shape index (κ2) is 23.0. The van der Waals surface area contributed by atoms with E-state index in [1.807, 2.05) is 52.3 Å². The minimum atomic E-state index is -0.912. The zero-order chi connectivity index (χ0) is 51.5. The first-order valence-corrected chi connectivity index (χ1v) is 27.5. The fourth-order valence-corrected chi connectivity index (χ4v) is 12.7. The van der Waals surface area contributed by atoms with E-state index >= 15 is 4.39 Å². The first-order chi connectivity index (χ1) is 35.9. The van der Waals surface area contributed by atoms with E-state index in [1.165, 1.54) is 6.07 Å². The minimum absolute atomic E-state index is 0.0110. The summed E-state index contributed by atoms with van der Waals surface area (Å²) in [5.41, 5.74) is 14.2. The quantitative estimate of drug-likeness (QED) is 0.188. The van der Waals surface area contributed by atoms with E-state index in [0.717, 1.165) is 113 Å². The number of fused-ring (bicyclic) bond motifs is 1. The zero-order valence-corrected chi connectivity index (χ0v) is 43.0. The van der Waals surface area contributed by atoms with E-state index in [4.69, 9.17) is 5.73 Å². The number of nitrogens with zero attached hydrogens (tertiary/aromatic N) is 7. The Labute approximate surface area is 434 Å². The van der Waals surface area contributed by atoms with Crippen LogP contribution in [0.1, 0.15) is 133 Å². The number of hydrazone groups is 1. The van der Waals surface area contributed by atoms with Crippen molar-refractivity contribution < 1.29 is 33.5 Å². The van der Waals surface area contributed by atoms with Gasteiger partial charge in [-0.15, -0.1) is 0 Å². The van der Waals surface area contributed by atoms with Crippen molar-refractivity contribution in [2.24, 2.45) is 28.6 Å². The van der Waals surface area contributed by atoms with Crippen LogP contribution in [0.4, 0.5) is 4.39 Å². The molecule has 7 aliphatic rings. The highest BCUT2D eigenvalue weighted by molar-refractivity contribution is 6.04. The molecule has 2 aliphatic carbocycles. The molecule has 6 fully saturated rings. The third-order valence-corrected chi connectivity index (χ3v) is 17.0. The molecule has 16 nitrogen and oxygen atoms in total. The van der Waals surface area contributed by atoms with Crippen LogP contribution in [-0.2, 0) is 20.8 Å². The van der Waals surface area contributed by atoms with Crippen molar-refractivity contribution in [3.05, 3.63) is 106 Å². The van der Waals surface area contributed by atoms with Crippen molar-refractivity contribution in [2.75, 3.05) is 78.5 Å². The molecular formula is C57H75FN10O6. The van der Waals surface area contributed by atoms with Crippen molar-refractivity contribution in [1.29, 1.82) is 0 Å². The van der Waals surface area contributed by atoms with Gasteiger partial charge in [-0.2, -0.15) is 5.10 Å². The summed E-state index contributed by atoms with van der Waals surface area (Å²) in [7, 11) is 0. The topological polar surface area (TPSA) is 187 Å². The van der Waals surface area contributed by atoms with Gasteiger partial charge in [-0.1, -0.05) is 61.7 Å². The van der Waals surface area contributed by atoms with E-state index in [-0.39, 0.29) is 53.0 Å². The Bertz CT molecular complexity index is 2560. The normalized spacial score (nSPS) is 24.9. The standard InChI is InChI=1S/C57H75FN10O6/c1-37-32-64(35-50(59)68(37)57(74)52(40-9-3-2-4-10-40)60-53(70)43-12-7-11-42(31-43)44-13-8-22-67(34-44)55(72)41-17-18-41)33-38-20-23-63(24-21-38)36-51(69)65-25-27-66(28-26-65)56(73)47-29-39(16-19-48(47)58)30-49-45-14-5-6-15-46(45)54(71)62-61-49/h5-7,11-12,14-16,19,29,31,37-38,40-41,44,50,52,54,62,71H,2-4,8-10,13,17-18,20-28,30,32-36,59H2,1H3,(H,60,70)/t37-,44-,50-,52-,54?/m1/s1. The van der Waals surface area contributed by atoms with Gasteiger partial charge in [0.1, 0.15) is 11.9 Å². The van der Waals surface area contributed by atoms with Crippen LogP contribution in [0.15, 0.2) is 71.8 Å². The molecule has 3 aromatic rings. The lowest BCUT2D eigenvalue weighted by atomic mass is 9.82. The van der Waals surface area contributed by atoms with Crippen molar-refractivity contribution in [3.8, 4) is 0 Å². The monoisotopic (exact) mass is 1010 g/mol. The molecule has 74 heavy (non-hydrogen) atoms. The highest BCUT2D eigenvalue weighted by Crippen LogP contribution is 2.35. The average molecular weight is 1020 g/mol. The van der Waals surface area contributed by atoms with Gasteiger partial charge in [0.25, 0.3) is 11.8 Å². The number of likely N-dealkylation sites (tertiary alicyclic amines) is 2. The van der Waals surface area contributed by atoms with Crippen LogP contribution in [0.25, 0.3) is 0 Å². The first kappa shape index (κ1) is 51.7. The summed E-state index contributed by atoms with van der Waals surface area (Å²) in [6.45, 7) is 8.93. The predicted octanol–water partition coefficient (Wildman–Crippen LogP) is 4.68. The summed E-state index contributed by atoms with van der Waals surface area (Å²) in [6.07, 6.45) is 9.66. The van der Waals surface area contributed by atoms with Gasteiger partial charge < -0.3 is 35.8 Å². The highest BCUT2D eigenvalue weighted by Gasteiger charge is 2.42. The number of carbonyl (C=O) groups excluding carboxylic acids is 5. The van der Waals surface area contributed by atoms with Gasteiger partial charge in [0.2, 0.25) is 17.7 Å². The number of nitrogens with one attached hydrogen (secondary N) is 2. The van der Waals surface area contributed by atoms with Crippen LogP contribution >= 0.6 is 0 Å². The van der Waals surface area contributed by atoms with E-state index in [9.17, 15) is 29.1 Å². The van der Waals surface area contributed by atoms with E-state index in [2.05, 4.69) is 38.6 Å². The number of hydrogen-bond acceptors (Lipinski definition) is 11. The largest absolute Gasteiger partial charge is 0.368 e. The molecule has 5 amide bonds. The minimum Gasteiger partial charge on any atom is -0.368 e. The molecule has 1 unspecified atom stereocenters. The van der Waals surface area contributed by atoms with Gasteiger partial charge in [0, 0.05) is 99.9 Å². The lowest BCUT2D eigenvalue weighted by Gasteiger charge is -2.47. The number of aliphatic hydroxyl groups is 1. The number of carbonyl (C=O) groups is 5. The number of amides is 5. The maximum Gasteiger partial charge on any atom is 0.256 e. The number of rotatable bonds is 13. The average Bonchev–Trinajstić information content (AvgIpc) is 4.28. The number of piperidine rings is 2. The summed E-state index contributed by atoms with van der Waals surface area (Å²) in [4.78, 5) is 80.8. The zero-order valence-electron chi connectivity index (χ0n) is 43.0. The summed E-state index contributed by atoms with van der Waals surface area (Å²) in [5.74, 6) is -0.206. The second-order valence-electron chi connectivity index (χ2n) is 22.3. The van der Waals surface area contributed by atoms with Crippen LogP contribution in [0.5, 0.6) is 0 Å². The number of benzene rings is 3. The lowest BCUT2D eigenvalue weighted by molar-refractivity contribution is -0.143. The van der Waals surface area contributed by atoms with Crippen molar-refractivity contribution >= 4 is 35.2 Å². The van der Waals surface area contributed by atoms with E-state index in [0.29, 0.717) is 81.5 Å². The van der Waals surface area contributed by atoms with Gasteiger partial charge in [-0.25, -0.2) is 4.39 Å². The molecule has 2 saturated carbocycles. The Balaban J connectivity index is 0.675. The number of halogens is 1. The molecule has 0 aromatic heterocycles. The molecule has 0 bridgehead atoms. The number of nitrogens with two attached hydrogens (primary N) is 1. The number of piperazine rings is 2. The van der Waals surface area contributed by atoms with Gasteiger partial charge in [-0.05, 0) is 119 Å². The van der Waals surface area contributed by atoms with Crippen molar-refractivity contribution in [3.63, 3.8) is 0 Å². The Hall–Kier alpha value is -5.75. The maximum absolute atomic E-state index is 15.2. The molecule has 0 radical (unpaired) electrons. The van der Waals surface area contributed by atoms with Crippen molar-refractivity contribution in [2.45, 2.75) is 114 Å². The summed E-state index contributed by atoms with van der Waals surface area (Å²) >= 11 is 0. The molecule has 17 heteroatoms. The first-order valence-electron chi connectivity index (χ1n) is 27.5. The fourth-order valence-electron chi connectivity index (χ4n) is 12.7. The number of hydrogen-bond donors (Lipinski definition) is 4. The Morgan fingerprint density at radius 2 is 1.54 bits per heavy atom. The molecule has 5 heterocycles. The van der Waals surface area contributed by atoms with Crippen LogP contribution < -0.4 is 16.5 Å². The Morgan fingerprint density at radius 3 is 2.30 bits per heavy atom. The summed E-state index contributed by atoms with van der Waals surface area (Å²) in [6, 6.07) is 18.9. The predicted molar refractivity (Wildman–Crippen MR) is 279 cm³/mol. The molecule has 3 aromatic carbocycles. The van der Waals surface area contributed by atoms with Crippen molar-refractivity contribution in [1.82, 2.24) is 40.1 Å². The Kier molecular flexibility index (Phi) is 16.1. The van der Waals surface area contributed by atoms with Crippen LogP contribution in [0.2, 0.25) is 0 Å². The molecule has 5 N–H and O–H groups in total. The van der Waals surface area contributed by atoms with Crippen LogP contribution in [0, 0.1) is 23.6 Å². The van der Waals surface area contributed by atoms with Crippen LogP contribution in [0.3, 0.4) is 0 Å². The molecular weight excluding hydrogens is 940 g/mol. The summed E-state index contributed by atoms with van der Waals surface area (Å²) < 4.78 is 15.2. The molecule has 5 atom stereocenters. The van der Waals surface area contributed by atoms with Gasteiger partial charge in [0.05, 0.1) is 24.0 Å². The van der Waals surface area contributed by atoms with Gasteiger partial charge in [-0.3, -0.25) is 39.2 Å². The van der Waals surface area contributed by atoms with Gasteiger partial charge in [0.15, 0.2) is 6.23 Å². The van der Waals surface area contributed by atoms with E-state index < -0.39 is 30.2 Å². The highest BCUT2D eigenvalue weighted by atomic mass is 19.1. The SMILES string of the molecule is C[C@@H]1CN(CC2CCN(CC(=O)N3CCN(C(=O)c4cc(CC5=NNC(O)c6ccccc65)ccc4F)CC3)CC2)C[C@H](N)N1C(=O)[C@H](NC(=O)c1cccc([C@@H]2CCCN(C(=O)C3CC3)C2)c1)C1CCCCC1. The Morgan fingerprint density at radius 1 is 0.784 bits per heavy atom.